The van der Waals surface area contributed by atoms with Gasteiger partial charge >= 0.3 is 0 Å². The third kappa shape index (κ3) is 3.78. The number of hydrogen-bond acceptors (Lipinski definition) is 6. The summed E-state index contributed by atoms with van der Waals surface area (Å²) in [5.74, 6) is 2.89. The number of benzene rings is 4. The third-order valence-corrected chi connectivity index (χ3v) is 7.11. The molecule has 0 radical (unpaired) electrons. The Labute approximate surface area is 226 Å². The molecule has 0 unspecified atom stereocenters. The van der Waals surface area contributed by atoms with Crippen LogP contribution < -0.4 is 15.0 Å². The Morgan fingerprint density at radius 2 is 1.46 bits per heavy atom. The average molecular weight is 511 g/mol. The SMILES string of the molecule is COc1ccccc1NC1=Nc2ccccc2N2C1=Nc1c(c(C)nn1-c1ccccc1)[C@H]2c1ccccc1. The van der Waals surface area contributed by atoms with Gasteiger partial charge in [0, 0.05) is 5.56 Å². The molecule has 1 N–H and O–H groups in total. The largest absolute Gasteiger partial charge is 0.495 e. The van der Waals surface area contributed by atoms with Crippen molar-refractivity contribution in [2.75, 3.05) is 17.3 Å². The number of amidine groups is 2. The Balaban J connectivity index is 1.50. The lowest BCUT2D eigenvalue weighted by molar-refractivity contribution is 0.417. The standard InChI is InChI=1S/C32H26N6O/c1-21-28-29(22-13-5-3-6-14-22)37-26-19-11-9-17-24(26)33-30(34-25-18-10-12-20-27(25)39-2)32(37)35-31(28)38(36-21)23-15-7-4-8-16-23/h3-20,29H,1-2H3,(H,33,34)/t29-/m1/s1. The number of aromatic nitrogens is 2. The van der Waals surface area contributed by atoms with Gasteiger partial charge in [-0.1, -0.05) is 72.8 Å². The van der Waals surface area contributed by atoms with Gasteiger partial charge < -0.3 is 15.0 Å². The first-order valence-electron chi connectivity index (χ1n) is 12.9. The maximum atomic E-state index is 5.63. The molecule has 1 atom stereocenters. The van der Waals surface area contributed by atoms with E-state index in [2.05, 4.69) is 59.6 Å². The van der Waals surface area contributed by atoms with E-state index in [0.29, 0.717) is 5.84 Å². The topological polar surface area (TPSA) is 67.0 Å². The fourth-order valence-electron chi connectivity index (χ4n) is 5.37. The van der Waals surface area contributed by atoms with Crippen LogP contribution in [0.1, 0.15) is 22.9 Å². The number of fused-ring (bicyclic) bond motifs is 4. The number of anilines is 2. The lowest BCUT2D eigenvalue weighted by atomic mass is 9.93. The molecule has 190 valence electrons. The van der Waals surface area contributed by atoms with Crippen LogP contribution in [0.5, 0.6) is 5.75 Å². The van der Waals surface area contributed by atoms with E-state index < -0.39 is 0 Å². The zero-order valence-corrected chi connectivity index (χ0v) is 21.6. The van der Waals surface area contributed by atoms with E-state index in [1.807, 2.05) is 71.4 Å². The molecule has 7 nitrogen and oxygen atoms in total. The predicted molar refractivity (Wildman–Crippen MR) is 156 cm³/mol. The van der Waals surface area contributed by atoms with E-state index in [4.69, 9.17) is 19.8 Å². The number of aryl methyl sites for hydroxylation is 1. The van der Waals surface area contributed by atoms with Crippen molar-refractivity contribution in [2.24, 2.45) is 9.98 Å². The Morgan fingerprint density at radius 1 is 0.769 bits per heavy atom. The molecule has 0 bridgehead atoms. The van der Waals surface area contributed by atoms with Gasteiger partial charge in [0.05, 0.1) is 41.6 Å². The van der Waals surface area contributed by atoms with Crippen LogP contribution in [0.15, 0.2) is 119 Å². The number of nitrogens with one attached hydrogen (secondary N) is 1. The maximum Gasteiger partial charge on any atom is 0.179 e. The molecular weight excluding hydrogens is 484 g/mol. The molecule has 3 heterocycles. The predicted octanol–water partition coefficient (Wildman–Crippen LogP) is 6.98. The number of hydrogen-bond donors (Lipinski definition) is 1. The normalized spacial score (nSPS) is 15.4. The second kappa shape index (κ2) is 9.29. The minimum absolute atomic E-state index is 0.155. The first-order valence-corrected chi connectivity index (χ1v) is 12.9. The molecule has 0 fully saturated rings. The second-order valence-electron chi connectivity index (χ2n) is 9.46. The van der Waals surface area contributed by atoms with Gasteiger partial charge in [0.2, 0.25) is 0 Å². The first kappa shape index (κ1) is 23.0. The molecule has 2 aliphatic rings. The number of para-hydroxylation sites is 5. The lowest BCUT2D eigenvalue weighted by Gasteiger charge is -2.40. The summed E-state index contributed by atoms with van der Waals surface area (Å²) in [7, 11) is 1.67. The molecule has 39 heavy (non-hydrogen) atoms. The molecular formula is C32H26N6O. The highest BCUT2D eigenvalue weighted by atomic mass is 16.5. The minimum atomic E-state index is -0.155. The Bertz CT molecular complexity index is 1740. The minimum Gasteiger partial charge on any atom is -0.495 e. The van der Waals surface area contributed by atoms with Crippen molar-refractivity contribution in [3.63, 3.8) is 0 Å². The number of rotatable bonds is 4. The number of ether oxygens (including phenoxy) is 1. The molecule has 4 aromatic carbocycles. The molecule has 0 amide bonds. The van der Waals surface area contributed by atoms with E-state index in [-0.39, 0.29) is 6.04 Å². The molecule has 0 saturated carbocycles. The zero-order valence-electron chi connectivity index (χ0n) is 21.6. The third-order valence-electron chi connectivity index (χ3n) is 7.11. The van der Waals surface area contributed by atoms with Crippen LogP contribution in [0.3, 0.4) is 0 Å². The van der Waals surface area contributed by atoms with Crippen molar-refractivity contribution in [1.29, 1.82) is 0 Å². The van der Waals surface area contributed by atoms with Crippen molar-refractivity contribution in [3.8, 4) is 11.4 Å². The summed E-state index contributed by atoms with van der Waals surface area (Å²) in [6, 6.07) is 36.5. The van der Waals surface area contributed by atoms with Crippen LogP contribution in [0.2, 0.25) is 0 Å². The molecule has 0 saturated heterocycles. The fraction of sp³-hybridized carbons (Fsp3) is 0.0938. The van der Waals surface area contributed by atoms with Crippen molar-refractivity contribution in [3.05, 3.63) is 126 Å². The summed E-state index contributed by atoms with van der Waals surface area (Å²) in [4.78, 5) is 12.6. The molecule has 0 aliphatic carbocycles. The fourth-order valence-corrected chi connectivity index (χ4v) is 5.37. The summed E-state index contributed by atoms with van der Waals surface area (Å²) < 4.78 is 7.57. The van der Waals surface area contributed by atoms with Crippen LogP contribution in [0, 0.1) is 6.92 Å². The second-order valence-corrected chi connectivity index (χ2v) is 9.46. The summed E-state index contributed by atoms with van der Waals surface area (Å²) >= 11 is 0. The van der Waals surface area contributed by atoms with E-state index >= 15 is 0 Å². The summed E-state index contributed by atoms with van der Waals surface area (Å²) in [6.07, 6.45) is 0. The Hall–Kier alpha value is -5.17. The highest BCUT2D eigenvalue weighted by Gasteiger charge is 2.41. The molecule has 2 aliphatic heterocycles. The Morgan fingerprint density at radius 3 is 2.26 bits per heavy atom. The quantitative estimate of drug-likeness (QED) is 0.283. The lowest BCUT2D eigenvalue weighted by Crippen LogP contribution is -2.46. The molecule has 5 aromatic rings. The molecule has 0 spiro atoms. The summed E-state index contributed by atoms with van der Waals surface area (Å²) in [6.45, 7) is 2.06. The molecule has 1 aromatic heterocycles. The average Bonchev–Trinajstić information content (AvgIpc) is 3.33. The highest BCUT2D eigenvalue weighted by molar-refractivity contribution is 6.51. The van der Waals surface area contributed by atoms with Gasteiger partial charge in [0.25, 0.3) is 0 Å². The van der Waals surface area contributed by atoms with E-state index in [1.54, 1.807) is 7.11 Å². The van der Waals surface area contributed by atoms with Gasteiger partial charge in [-0.25, -0.2) is 14.7 Å². The highest BCUT2D eigenvalue weighted by Crippen LogP contribution is 2.48. The van der Waals surface area contributed by atoms with E-state index in [9.17, 15) is 0 Å². The van der Waals surface area contributed by atoms with Crippen LogP contribution in [-0.2, 0) is 0 Å². The van der Waals surface area contributed by atoms with Gasteiger partial charge in [-0.2, -0.15) is 5.10 Å². The zero-order chi connectivity index (χ0) is 26.3. The summed E-state index contributed by atoms with van der Waals surface area (Å²) in [5, 5.41) is 8.52. The van der Waals surface area contributed by atoms with Crippen LogP contribution in [0.25, 0.3) is 5.69 Å². The number of nitrogens with zero attached hydrogens (tertiary/aromatic N) is 5. The first-order chi connectivity index (χ1) is 19.2. The van der Waals surface area contributed by atoms with Crippen LogP contribution >= 0.6 is 0 Å². The van der Waals surface area contributed by atoms with Crippen molar-refractivity contribution in [2.45, 2.75) is 13.0 Å². The van der Waals surface area contributed by atoms with Gasteiger partial charge in [0.1, 0.15) is 5.75 Å². The van der Waals surface area contributed by atoms with Gasteiger partial charge in [0.15, 0.2) is 17.5 Å². The van der Waals surface area contributed by atoms with Gasteiger partial charge in [-0.3, -0.25) is 0 Å². The monoisotopic (exact) mass is 510 g/mol. The van der Waals surface area contributed by atoms with Crippen LogP contribution in [-0.4, -0.2) is 28.6 Å². The van der Waals surface area contributed by atoms with Crippen molar-refractivity contribution >= 4 is 34.6 Å². The van der Waals surface area contributed by atoms with Crippen LogP contribution in [0.4, 0.5) is 22.9 Å². The van der Waals surface area contributed by atoms with Crippen molar-refractivity contribution in [1.82, 2.24) is 9.78 Å². The Kier molecular flexibility index (Phi) is 5.48. The van der Waals surface area contributed by atoms with Gasteiger partial charge in [-0.15, -0.1) is 0 Å². The number of methoxy groups -OCH3 is 1. The van der Waals surface area contributed by atoms with Gasteiger partial charge in [-0.05, 0) is 48.9 Å². The molecule has 7 rings (SSSR count). The van der Waals surface area contributed by atoms with E-state index in [0.717, 1.165) is 57.0 Å². The maximum absolute atomic E-state index is 5.63. The molecule has 7 heteroatoms. The van der Waals surface area contributed by atoms with E-state index in [1.165, 1.54) is 0 Å². The summed E-state index contributed by atoms with van der Waals surface area (Å²) in [5.41, 5.74) is 6.79. The number of aliphatic imine (C=N–C) groups is 2. The smallest absolute Gasteiger partial charge is 0.179 e. The van der Waals surface area contributed by atoms with Crippen molar-refractivity contribution < 1.29 is 4.74 Å².